The zero-order valence-corrected chi connectivity index (χ0v) is 16.5. The lowest BCUT2D eigenvalue weighted by atomic mass is 10.1. The summed E-state index contributed by atoms with van der Waals surface area (Å²) >= 11 is 0. The molecule has 0 radical (unpaired) electrons. The Kier molecular flexibility index (Phi) is 6.54. The summed E-state index contributed by atoms with van der Waals surface area (Å²) in [7, 11) is 0. The fourth-order valence-corrected chi connectivity index (χ4v) is 3.15. The second kappa shape index (κ2) is 9.28. The monoisotopic (exact) mass is 394 g/mol. The van der Waals surface area contributed by atoms with Crippen LogP contribution >= 0.6 is 0 Å². The third kappa shape index (κ3) is 5.16. The maximum atomic E-state index is 12.9. The van der Waals surface area contributed by atoms with Gasteiger partial charge in [-0.25, -0.2) is 9.07 Å². The van der Waals surface area contributed by atoms with Crippen LogP contribution < -0.4 is 0 Å². The van der Waals surface area contributed by atoms with E-state index in [1.807, 2.05) is 48.9 Å². The molecule has 2 aromatic carbocycles. The molecule has 0 saturated heterocycles. The number of Topliss-reactive ketones (excluding diaryl/α,β-unsaturated/α-hetero) is 1. The number of aromatic nitrogens is 2. The SMILES string of the molecule is Cc1nn(-c2ccccc2)c(C)c1CC(=O)OCCCC(=O)c1ccc(F)cc1. The van der Waals surface area contributed by atoms with Crippen LogP contribution in [0.3, 0.4) is 0 Å². The van der Waals surface area contributed by atoms with Gasteiger partial charge in [0.15, 0.2) is 5.78 Å². The first-order valence-electron chi connectivity index (χ1n) is 9.50. The molecule has 0 amide bonds. The van der Waals surface area contributed by atoms with Gasteiger partial charge in [0.2, 0.25) is 0 Å². The maximum absolute atomic E-state index is 12.9. The number of hydrogen-bond donors (Lipinski definition) is 0. The Morgan fingerprint density at radius 3 is 2.41 bits per heavy atom. The summed E-state index contributed by atoms with van der Waals surface area (Å²) in [5.41, 5.74) is 3.93. The number of carbonyl (C=O) groups is 2. The Morgan fingerprint density at radius 1 is 1.03 bits per heavy atom. The van der Waals surface area contributed by atoms with Crippen molar-refractivity contribution in [1.82, 2.24) is 9.78 Å². The van der Waals surface area contributed by atoms with E-state index in [1.165, 1.54) is 24.3 Å². The van der Waals surface area contributed by atoms with Gasteiger partial charge in [0.1, 0.15) is 5.82 Å². The molecule has 0 spiro atoms. The molecule has 1 aromatic heterocycles. The summed E-state index contributed by atoms with van der Waals surface area (Å²) in [4.78, 5) is 24.3. The fraction of sp³-hybridized carbons (Fsp3) is 0.261. The van der Waals surface area contributed by atoms with E-state index in [4.69, 9.17) is 4.74 Å². The summed E-state index contributed by atoms with van der Waals surface area (Å²) in [6, 6.07) is 15.2. The zero-order valence-electron chi connectivity index (χ0n) is 16.5. The summed E-state index contributed by atoms with van der Waals surface area (Å²) in [6.07, 6.45) is 0.794. The van der Waals surface area contributed by atoms with Gasteiger partial charge in [-0.3, -0.25) is 9.59 Å². The first kappa shape index (κ1) is 20.5. The molecule has 1 heterocycles. The molecule has 3 aromatic rings. The molecule has 3 rings (SSSR count). The minimum atomic E-state index is -0.378. The highest BCUT2D eigenvalue weighted by Gasteiger charge is 2.17. The number of halogens is 1. The van der Waals surface area contributed by atoms with Gasteiger partial charge in [-0.05, 0) is 56.7 Å². The zero-order chi connectivity index (χ0) is 20.8. The van der Waals surface area contributed by atoms with E-state index in [9.17, 15) is 14.0 Å². The Balaban J connectivity index is 1.50. The molecule has 0 fully saturated rings. The topological polar surface area (TPSA) is 61.2 Å². The van der Waals surface area contributed by atoms with E-state index in [0.29, 0.717) is 12.0 Å². The number of esters is 1. The second-order valence-corrected chi connectivity index (χ2v) is 6.83. The van der Waals surface area contributed by atoms with Crippen molar-refractivity contribution in [3.05, 3.63) is 82.9 Å². The van der Waals surface area contributed by atoms with Gasteiger partial charge < -0.3 is 4.74 Å². The lowest BCUT2D eigenvalue weighted by Gasteiger charge is -2.07. The van der Waals surface area contributed by atoms with Crippen LogP contribution in [0.15, 0.2) is 54.6 Å². The Bertz CT molecular complexity index is 995. The van der Waals surface area contributed by atoms with Crippen LogP contribution in [0, 0.1) is 19.7 Å². The molecular formula is C23H23FN2O3. The molecule has 6 heteroatoms. The number of ether oxygens (including phenoxy) is 1. The van der Waals surface area contributed by atoms with Gasteiger partial charge in [0, 0.05) is 23.2 Å². The molecule has 5 nitrogen and oxygen atoms in total. The van der Waals surface area contributed by atoms with Crippen molar-refractivity contribution < 1.29 is 18.7 Å². The van der Waals surface area contributed by atoms with Crippen LogP contribution in [-0.4, -0.2) is 28.1 Å². The first-order valence-corrected chi connectivity index (χ1v) is 9.50. The van der Waals surface area contributed by atoms with Crippen LogP contribution in [0.1, 0.15) is 40.2 Å². The van der Waals surface area contributed by atoms with Crippen molar-refractivity contribution in [1.29, 1.82) is 0 Å². The molecule has 29 heavy (non-hydrogen) atoms. The number of carbonyl (C=O) groups excluding carboxylic acids is 2. The predicted molar refractivity (Wildman–Crippen MR) is 108 cm³/mol. The van der Waals surface area contributed by atoms with Crippen LogP contribution in [0.2, 0.25) is 0 Å². The van der Waals surface area contributed by atoms with Gasteiger partial charge >= 0.3 is 5.97 Å². The van der Waals surface area contributed by atoms with Gasteiger partial charge in [-0.1, -0.05) is 18.2 Å². The lowest BCUT2D eigenvalue weighted by Crippen LogP contribution is -2.11. The van der Waals surface area contributed by atoms with Crippen LogP contribution in [-0.2, 0) is 16.0 Å². The number of para-hydroxylation sites is 1. The summed E-state index contributed by atoms with van der Waals surface area (Å²) < 4.78 is 20.0. The van der Waals surface area contributed by atoms with Crippen molar-refractivity contribution in [2.75, 3.05) is 6.61 Å². The van der Waals surface area contributed by atoms with Gasteiger partial charge in [-0.2, -0.15) is 5.10 Å². The summed E-state index contributed by atoms with van der Waals surface area (Å²) in [6.45, 7) is 3.96. The van der Waals surface area contributed by atoms with E-state index < -0.39 is 0 Å². The first-order chi connectivity index (χ1) is 14.0. The van der Waals surface area contributed by atoms with Gasteiger partial charge in [-0.15, -0.1) is 0 Å². The minimum absolute atomic E-state index is 0.100. The van der Waals surface area contributed by atoms with E-state index in [2.05, 4.69) is 5.10 Å². The number of benzene rings is 2. The van der Waals surface area contributed by atoms with E-state index in [-0.39, 0.29) is 37.0 Å². The molecule has 150 valence electrons. The van der Waals surface area contributed by atoms with Crippen LogP contribution in [0.4, 0.5) is 4.39 Å². The largest absolute Gasteiger partial charge is 0.465 e. The maximum Gasteiger partial charge on any atom is 0.310 e. The highest BCUT2D eigenvalue weighted by Crippen LogP contribution is 2.18. The number of rotatable bonds is 8. The molecule has 0 aliphatic rings. The van der Waals surface area contributed by atoms with Gasteiger partial charge in [0.25, 0.3) is 0 Å². The molecule has 0 atom stereocenters. The minimum Gasteiger partial charge on any atom is -0.465 e. The quantitative estimate of drug-likeness (QED) is 0.323. The Hall–Kier alpha value is -3.28. The number of ketones is 1. The molecule has 0 aliphatic heterocycles. The fourth-order valence-electron chi connectivity index (χ4n) is 3.15. The third-order valence-corrected chi connectivity index (χ3v) is 4.74. The average Bonchev–Trinajstić information content (AvgIpc) is 3.00. The Labute approximate surface area is 169 Å². The number of hydrogen-bond acceptors (Lipinski definition) is 4. The molecule has 0 N–H and O–H groups in total. The highest BCUT2D eigenvalue weighted by molar-refractivity contribution is 5.95. The van der Waals surface area contributed by atoms with E-state index >= 15 is 0 Å². The molecule has 0 bridgehead atoms. The van der Waals surface area contributed by atoms with Crippen molar-refractivity contribution in [3.63, 3.8) is 0 Å². The van der Waals surface area contributed by atoms with Crippen LogP contribution in [0.5, 0.6) is 0 Å². The normalized spacial score (nSPS) is 10.7. The predicted octanol–water partition coefficient (Wildman–Crippen LogP) is 4.38. The van der Waals surface area contributed by atoms with Crippen molar-refractivity contribution in [2.45, 2.75) is 33.1 Å². The second-order valence-electron chi connectivity index (χ2n) is 6.83. The molecular weight excluding hydrogens is 371 g/mol. The standard InChI is InChI=1S/C23H23FN2O3/c1-16-21(17(2)26(25-16)20-7-4-3-5-8-20)15-23(28)29-14-6-9-22(27)18-10-12-19(24)13-11-18/h3-5,7-8,10-13H,6,9,14-15H2,1-2H3. The lowest BCUT2D eigenvalue weighted by molar-refractivity contribution is -0.142. The van der Waals surface area contributed by atoms with Gasteiger partial charge in [0.05, 0.1) is 24.4 Å². The molecule has 0 saturated carbocycles. The van der Waals surface area contributed by atoms with Crippen molar-refractivity contribution in [3.8, 4) is 5.69 Å². The van der Waals surface area contributed by atoms with E-state index in [0.717, 1.165) is 22.6 Å². The highest BCUT2D eigenvalue weighted by atomic mass is 19.1. The summed E-state index contributed by atoms with van der Waals surface area (Å²) in [5, 5.41) is 4.53. The smallest absolute Gasteiger partial charge is 0.310 e. The molecule has 0 unspecified atom stereocenters. The van der Waals surface area contributed by atoms with Crippen LogP contribution in [0.25, 0.3) is 5.69 Å². The Morgan fingerprint density at radius 2 is 1.72 bits per heavy atom. The van der Waals surface area contributed by atoms with E-state index in [1.54, 1.807) is 0 Å². The number of aryl methyl sites for hydroxylation is 1. The van der Waals surface area contributed by atoms with Crippen molar-refractivity contribution in [2.24, 2.45) is 0 Å². The third-order valence-electron chi connectivity index (χ3n) is 4.74. The average molecular weight is 394 g/mol. The van der Waals surface area contributed by atoms with Crippen molar-refractivity contribution >= 4 is 11.8 Å². The molecule has 0 aliphatic carbocycles. The summed E-state index contributed by atoms with van der Waals surface area (Å²) in [5.74, 6) is -0.827. The number of nitrogens with zero attached hydrogens (tertiary/aromatic N) is 2.